The maximum absolute atomic E-state index is 11.1. The third-order valence-corrected chi connectivity index (χ3v) is 2.18. The maximum atomic E-state index is 11.1. The van der Waals surface area contributed by atoms with Crippen LogP contribution in [0.1, 0.15) is 34.6 Å². The molecule has 0 aliphatic heterocycles. The molecule has 0 aliphatic rings. The molecular formula is C9H16BNO3Y+2. The molecule has 1 N–H and O–H groups in total. The van der Waals surface area contributed by atoms with Crippen molar-refractivity contribution in [3.05, 3.63) is 5.73 Å². The van der Waals surface area contributed by atoms with Crippen molar-refractivity contribution < 1.29 is 47.0 Å². The first-order valence-corrected chi connectivity index (χ1v) is 4.39. The maximum Gasteiger partial charge on any atom is 3.00 e. The molecule has 0 atom stereocenters. The molecule has 0 unspecified atom stereocenters. The molecule has 0 bridgehead atoms. The SMILES string of the molecule is CC(=O)[B]C(=O)OC(C)(C)C(C)(C)[NH-].[Y+3]. The van der Waals surface area contributed by atoms with Crippen molar-refractivity contribution in [2.75, 3.05) is 0 Å². The van der Waals surface area contributed by atoms with Crippen molar-refractivity contribution in [2.45, 2.75) is 45.8 Å². The Labute approximate surface area is 117 Å². The van der Waals surface area contributed by atoms with E-state index in [2.05, 4.69) is 0 Å². The van der Waals surface area contributed by atoms with Crippen molar-refractivity contribution in [3.8, 4) is 0 Å². The first-order chi connectivity index (χ1) is 6.06. The van der Waals surface area contributed by atoms with Crippen LogP contribution in [-0.2, 0) is 42.2 Å². The molecule has 0 saturated heterocycles. The van der Waals surface area contributed by atoms with Gasteiger partial charge in [0.2, 0.25) is 0 Å². The average molecular weight is 286 g/mol. The number of hydrogen-bond acceptors (Lipinski definition) is 3. The molecule has 4 nitrogen and oxygen atoms in total. The summed E-state index contributed by atoms with van der Waals surface area (Å²) in [6.07, 6.45) is 0. The van der Waals surface area contributed by atoms with E-state index in [9.17, 15) is 9.59 Å². The summed E-state index contributed by atoms with van der Waals surface area (Å²) in [6, 6.07) is 0. The predicted octanol–water partition coefficient (Wildman–Crippen LogP) is 1.98. The first kappa shape index (κ1) is 17.7. The van der Waals surface area contributed by atoms with Crippen LogP contribution in [-0.4, -0.2) is 30.0 Å². The minimum Gasteiger partial charge on any atom is -0.669 e. The molecule has 0 aliphatic carbocycles. The summed E-state index contributed by atoms with van der Waals surface area (Å²) in [5, 5.41) is 0. The number of rotatable bonds is 4. The summed E-state index contributed by atoms with van der Waals surface area (Å²) in [5.74, 6) is -0.692. The average Bonchev–Trinajstić information content (AvgIpc) is 1.79. The Kier molecular flexibility index (Phi) is 7.20. The third kappa shape index (κ3) is 6.44. The number of nitrogens with one attached hydrogen (secondary N) is 1. The molecule has 6 heteroatoms. The van der Waals surface area contributed by atoms with Gasteiger partial charge in [0.15, 0.2) is 0 Å². The van der Waals surface area contributed by atoms with E-state index in [4.69, 9.17) is 10.5 Å². The van der Waals surface area contributed by atoms with Gasteiger partial charge in [-0.3, -0.25) is 4.79 Å². The van der Waals surface area contributed by atoms with E-state index in [0.717, 1.165) is 7.28 Å². The second-order valence-corrected chi connectivity index (χ2v) is 4.31. The van der Waals surface area contributed by atoms with Crippen LogP contribution >= 0.6 is 0 Å². The van der Waals surface area contributed by atoms with E-state index >= 15 is 0 Å². The van der Waals surface area contributed by atoms with Crippen molar-refractivity contribution in [1.29, 1.82) is 0 Å². The van der Waals surface area contributed by atoms with Crippen molar-refractivity contribution in [2.24, 2.45) is 0 Å². The summed E-state index contributed by atoms with van der Waals surface area (Å²) in [4.78, 5) is 21.7. The van der Waals surface area contributed by atoms with E-state index in [1.807, 2.05) is 0 Å². The zero-order valence-corrected chi connectivity index (χ0v) is 12.7. The van der Waals surface area contributed by atoms with Gasteiger partial charge in [0.1, 0.15) is 0 Å². The molecule has 0 saturated carbocycles. The smallest absolute Gasteiger partial charge is 0.669 e. The van der Waals surface area contributed by atoms with E-state index in [-0.39, 0.29) is 38.4 Å². The van der Waals surface area contributed by atoms with Gasteiger partial charge in [-0.05, 0) is 20.8 Å². The summed E-state index contributed by atoms with van der Waals surface area (Å²) in [7, 11) is 0.882. The molecule has 0 amide bonds. The normalized spacial score (nSPS) is 11.3. The van der Waals surface area contributed by atoms with Gasteiger partial charge in [-0.25, -0.2) is 0 Å². The second-order valence-electron chi connectivity index (χ2n) is 4.31. The van der Waals surface area contributed by atoms with Gasteiger partial charge in [0.05, 0.1) is 11.3 Å². The van der Waals surface area contributed by atoms with Crippen LogP contribution in [0.2, 0.25) is 0 Å². The van der Waals surface area contributed by atoms with Gasteiger partial charge in [-0.2, -0.15) is 0 Å². The summed E-state index contributed by atoms with van der Waals surface area (Å²) < 4.78 is 5.01. The van der Waals surface area contributed by atoms with Crippen LogP contribution in [0.5, 0.6) is 0 Å². The van der Waals surface area contributed by atoms with Crippen LogP contribution in [0.4, 0.5) is 4.79 Å². The molecule has 0 spiro atoms. The van der Waals surface area contributed by atoms with Crippen LogP contribution < -0.4 is 0 Å². The molecule has 79 valence electrons. The minimum atomic E-state index is -0.921. The molecule has 0 aromatic heterocycles. The van der Waals surface area contributed by atoms with Crippen LogP contribution in [0.15, 0.2) is 0 Å². The molecule has 0 aromatic carbocycles. The van der Waals surface area contributed by atoms with E-state index in [1.54, 1.807) is 27.7 Å². The van der Waals surface area contributed by atoms with Gasteiger partial charge in [0, 0.05) is 0 Å². The van der Waals surface area contributed by atoms with Crippen LogP contribution in [0.25, 0.3) is 5.73 Å². The largest absolute Gasteiger partial charge is 3.00 e. The summed E-state index contributed by atoms with van der Waals surface area (Å²) in [6.45, 7) is 7.86. The Morgan fingerprint density at radius 3 is 1.87 bits per heavy atom. The van der Waals surface area contributed by atoms with Gasteiger partial charge < -0.3 is 15.3 Å². The first-order valence-electron chi connectivity index (χ1n) is 4.39. The molecule has 0 rings (SSSR count). The Balaban J connectivity index is 0. The Morgan fingerprint density at radius 2 is 1.60 bits per heavy atom. The second kappa shape index (κ2) is 6.11. The fourth-order valence-corrected chi connectivity index (χ4v) is 0.574. The van der Waals surface area contributed by atoms with Crippen LogP contribution in [0, 0.1) is 0 Å². The number of carbonyl (C=O) groups excluding carboxylic acids is 2. The van der Waals surface area contributed by atoms with Gasteiger partial charge >= 0.3 is 40.0 Å². The topological polar surface area (TPSA) is 67.2 Å². The molecule has 0 aromatic rings. The van der Waals surface area contributed by atoms with Gasteiger partial charge in [-0.1, -0.05) is 19.4 Å². The van der Waals surface area contributed by atoms with Gasteiger partial charge in [-0.15, -0.1) is 0 Å². The van der Waals surface area contributed by atoms with E-state index < -0.39 is 17.0 Å². The fraction of sp³-hybridized carbons (Fsp3) is 0.778. The van der Waals surface area contributed by atoms with Crippen molar-refractivity contribution in [1.82, 2.24) is 0 Å². The fourth-order valence-electron chi connectivity index (χ4n) is 0.574. The molecule has 0 heterocycles. The molecule has 15 heavy (non-hydrogen) atoms. The van der Waals surface area contributed by atoms with Crippen LogP contribution in [0.3, 0.4) is 0 Å². The Bertz CT molecular complexity index is 248. The number of hydrogen-bond donors (Lipinski definition) is 0. The molecule has 0 fully saturated rings. The zero-order valence-electron chi connectivity index (χ0n) is 9.88. The van der Waals surface area contributed by atoms with Crippen molar-refractivity contribution in [3.63, 3.8) is 0 Å². The molecular weight excluding hydrogens is 270 g/mol. The van der Waals surface area contributed by atoms with Crippen molar-refractivity contribution >= 4 is 18.8 Å². The Hall–Kier alpha value is 0.269. The number of carbonyl (C=O) groups is 2. The number of ether oxygens (including phenoxy) is 1. The summed E-state index contributed by atoms with van der Waals surface area (Å²) in [5.41, 5.74) is 5.55. The Morgan fingerprint density at radius 1 is 1.20 bits per heavy atom. The predicted molar refractivity (Wildman–Crippen MR) is 55.4 cm³/mol. The van der Waals surface area contributed by atoms with E-state index in [1.165, 1.54) is 6.92 Å². The van der Waals surface area contributed by atoms with E-state index in [0.29, 0.717) is 0 Å². The molecule has 1 radical (unpaired) electrons. The zero-order chi connectivity index (χ0) is 11.6. The third-order valence-electron chi connectivity index (χ3n) is 2.18. The summed E-state index contributed by atoms with van der Waals surface area (Å²) >= 11 is 0. The standard InChI is InChI=1S/C9H16BNO3.Y/c1-6(12)10-7(13)14-9(4,5)8(2,3)11;/h11H,1-5H3;/q-1;+3. The minimum absolute atomic E-state index is 0. The quantitative estimate of drug-likeness (QED) is 0.742. The monoisotopic (exact) mass is 286 g/mol. The van der Waals surface area contributed by atoms with Gasteiger partial charge in [0.25, 0.3) is 5.87 Å².